The van der Waals surface area contributed by atoms with Crippen molar-refractivity contribution in [3.05, 3.63) is 0 Å². The average Bonchev–Trinajstić information content (AvgIpc) is 2.36. The maximum Gasteiger partial charge on any atom is 0.238 e. The molecule has 1 saturated heterocycles. The minimum absolute atomic E-state index is 0.134. The molecule has 0 saturated carbocycles. The fourth-order valence-corrected chi connectivity index (χ4v) is 1.59. The van der Waals surface area contributed by atoms with Crippen molar-refractivity contribution in [1.82, 2.24) is 10.0 Å². The molecule has 1 aliphatic heterocycles. The molecule has 0 aromatic rings. The first-order valence-corrected chi connectivity index (χ1v) is 4.88. The summed E-state index contributed by atoms with van der Waals surface area (Å²) >= 11 is 0. The van der Waals surface area contributed by atoms with Gasteiger partial charge in [-0.05, 0) is 13.3 Å². The number of aliphatic hydroxyl groups excluding tert-OH is 1. The molecule has 4 nitrogen and oxygen atoms in total. The molecule has 0 aromatic carbocycles. The first-order valence-electron chi connectivity index (χ1n) is 4.88. The van der Waals surface area contributed by atoms with Gasteiger partial charge in [0.1, 0.15) is 0 Å². The number of amides is 1. The Balaban J connectivity index is 2.49. The van der Waals surface area contributed by atoms with Gasteiger partial charge in [0.15, 0.2) is 0 Å². The molecule has 0 aromatic heterocycles. The van der Waals surface area contributed by atoms with Crippen LogP contribution in [0.15, 0.2) is 0 Å². The van der Waals surface area contributed by atoms with Crippen molar-refractivity contribution in [2.45, 2.75) is 32.8 Å². The Bertz CT molecular complexity index is 182. The minimum Gasteiger partial charge on any atom is -0.392 e. The van der Waals surface area contributed by atoms with Gasteiger partial charge >= 0.3 is 0 Å². The van der Waals surface area contributed by atoms with Gasteiger partial charge in [-0.3, -0.25) is 9.80 Å². The predicted octanol–water partition coefficient (Wildman–Crippen LogP) is 0.226. The highest BCUT2D eigenvalue weighted by Crippen LogP contribution is 2.12. The number of nitrogens with zero attached hydrogens (tertiary/aromatic N) is 2. The summed E-state index contributed by atoms with van der Waals surface area (Å²) in [7, 11) is 0. The van der Waals surface area contributed by atoms with Gasteiger partial charge in [0.25, 0.3) is 0 Å². The highest BCUT2D eigenvalue weighted by atomic mass is 16.3. The summed E-state index contributed by atoms with van der Waals surface area (Å²) in [6, 6.07) is 0. The summed E-state index contributed by atoms with van der Waals surface area (Å²) in [6.07, 6.45) is 1.18. The summed E-state index contributed by atoms with van der Waals surface area (Å²) in [5, 5.41) is 12.9. The van der Waals surface area contributed by atoms with E-state index in [1.54, 1.807) is 11.9 Å². The van der Waals surface area contributed by atoms with Crippen LogP contribution < -0.4 is 0 Å². The number of rotatable bonds is 4. The molecule has 76 valence electrons. The van der Waals surface area contributed by atoms with Crippen LogP contribution in [0.4, 0.5) is 0 Å². The van der Waals surface area contributed by atoms with E-state index in [4.69, 9.17) is 0 Å². The number of β-amino-alcohol motifs (C(OH)–C–C–N with tert-alkyl or cyclic N) is 1. The van der Waals surface area contributed by atoms with Crippen LogP contribution in [0.2, 0.25) is 0 Å². The topological polar surface area (TPSA) is 43.8 Å². The van der Waals surface area contributed by atoms with Crippen LogP contribution in [0.25, 0.3) is 0 Å². The van der Waals surface area contributed by atoms with Crippen molar-refractivity contribution in [1.29, 1.82) is 0 Å². The van der Waals surface area contributed by atoms with Gasteiger partial charge in [-0.25, -0.2) is 5.01 Å². The molecule has 4 heteroatoms. The molecular weight excluding hydrogens is 168 g/mol. The first-order chi connectivity index (χ1) is 6.15. The monoisotopic (exact) mass is 186 g/mol. The summed E-state index contributed by atoms with van der Waals surface area (Å²) in [5.74, 6) is 0.134. The smallest absolute Gasteiger partial charge is 0.238 e. The third-order valence-electron chi connectivity index (χ3n) is 2.13. The minimum atomic E-state index is -0.443. The van der Waals surface area contributed by atoms with Crippen LogP contribution in [0, 0.1) is 0 Å². The van der Waals surface area contributed by atoms with E-state index in [1.165, 1.54) is 0 Å². The van der Waals surface area contributed by atoms with Crippen LogP contribution in [-0.2, 0) is 4.79 Å². The van der Waals surface area contributed by atoms with Crippen molar-refractivity contribution in [3.63, 3.8) is 0 Å². The second-order valence-corrected chi connectivity index (χ2v) is 3.53. The second-order valence-electron chi connectivity index (χ2n) is 3.53. The van der Waals surface area contributed by atoms with E-state index in [0.29, 0.717) is 13.0 Å². The fraction of sp³-hybridized carbons (Fsp3) is 0.889. The van der Waals surface area contributed by atoms with E-state index >= 15 is 0 Å². The highest BCUT2D eigenvalue weighted by Gasteiger charge is 2.28. The Morgan fingerprint density at radius 1 is 1.62 bits per heavy atom. The van der Waals surface area contributed by atoms with Gasteiger partial charge in [0, 0.05) is 19.5 Å². The Kier molecular flexibility index (Phi) is 3.69. The summed E-state index contributed by atoms with van der Waals surface area (Å²) in [5.41, 5.74) is 0. The first kappa shape index (κ1) is 10.5. The highest BCUT2D eigenvalue weighted by molar-refractivity contribution is 5.77. The molecule has 1 aliphatic rings. The summed E-state index contributed by atoms with van der Waals surface area (Å²) < 4.78 is 0. The molecular formula is C9H18N2O2. The zero-order chi connectivity index (χ0) is 9.84. The normalized spacial score (nSPS) is 21.2. The Morgan fingerprint density at radius 3 is 2.85 bits per heavy atom. The lowest BCUT2D eigenvalue weighted by atomic mass is 10.4. The molecule has 1 rings (SSSR count). The van der Waals surface area contributed by atoms with Crippen molar-refractivity contribution in [3.8, 4) is 0 Å². The third-order valence-corrected chi connectivity index (χ3v) is 2.13. The second kappa shape index (κ2) is 4.58. The van der Waals surface area contributed by atoms with Gasteiger partial charge in [-0.15, -0.1) is 0 Å². The van der Waals surface area contributed by atoms with E-state index in [0.717, 1.165) is 19.5 Å². The summed E-state index contributed by atoms with van der Waals surface area (Å²) in [6.45, 7) is 5.93. The van der Waals surface area contributed by atoms with Crippen LogP contribution in [0.5, 0.6) is 0 Å². The van der Waals surface area contributed by atoms with E-state index < -0.39 is 6.10 Å². The molecule has 0 spiro atoms. The van der Waals surface area contributed by atoms with Gasteiger partial charge in [0.05, 0.1) is 12.6 Å². The number of aliphatic hydroxyl groups is 1. The molecule has 0 aliphatic carbocycles. The zero-order valence-corrected chi connectivity index (χ0v) is 8.36. The van der Waals surface area contributed by atoms with Crippen molar-refractivity contribution in [2.24, 2.45) is 0 Å². The SMILES string of the molecule is CCCN1CCC(=O)N1CC(C)O. The number of carbonyl (C=O) groups excluding carboxylic acids is 1. The number of hydrogen-bond donors (Lipinski definition) is 1. The van der Waals surface area contributed by atoms with Crippen molar-refractivity contribution < 1.29 is 9.90 Å². The van der Waals surface area contributed by atoms with Crippen LogP contribution in [-0.4, -0.2) is 46.8 Å². The van der Waals surface area contributed by atoms with E-state index in [-0.39, 0.29) is 5.91 Å². The Morgan fingerprint density at radius 2 is 2.31 bits per heavy atom. The van der Waals surface area contributed by atoms with Crippen LogP contribution in [0.3, 0.4) is 0 Å². The van der Waals surface area contributed by atoms with E-state index in [1.807, 2.05) is 5.01 Å². The molecule has 1 fully saturated rings. The number of hydrazine groups is 1. The quantitative estimate of drug-likeness (QED) is 0.683. The molecule has 1 unspecified atom stereocenters. The molecule has 0 radical (unpaired) electrons. The standard InChI is InChI=1S/C9H18N2O2/c1-3-5-10-6-4-9(13)11(10)7-8(2)12/h8,12H,3-7H2,1-2H3. The third kappa shape index (κ3) is 2.67. The molecule has 1 atom stereocenters. The Hall–Kier alpha value is -0.610. The fourth-order valence-electron chi connectivity index (χ4n) is 1.59. The lowest BCUT2D eigenvalue weighted by Crippen LogP contribution is -2.43. The zero-order valence-electron chi connectivity index (χ0n) is 8.36. The van der Waals surface area contributed by atoms with Gasteiger partial charge in [0.2, 0.25) is 5.91 Å². The van der Waals surface area contributed by atoms with E-state index in [9.17, 15) is 9.90 Å². The van der Waals surface area contributed by atoms with Gasteiger partial charge in [-0.2, -0.15) is 0 Å². The largest absolute Gasteiger partial charge is 0.392 e. The predicted molar refractivity (Wildman–Crippen MR) is 49.9 cm³/mol. The van der Waals surface area contributed by atoms with Crippen LogP contribution in [0.1, 0.15) is 26.7 Å². The maximum atomic E-state index is 11.4. The molecule has 1 N–H and O–H groups in total. The average molecular weight is 186 g/mol. The number of hydrogen-bond acceptors (Lipinski definition) is 3. The maximum absolute atomic E-state index is 11.4. The van der Waals surface area contributed by atoms with Crippen LogP contribution >= 0.6 is 0 Å². The van der Waals surface area contributed by atoms with Gasteiger partial charge < -0.3 is 5.11 Å². The molecule has 1 heterocycles. The number of carbonyl (C=O) groups is 1. The van der Waals surface area contributed by atoms with E-state index in [2.05, 4.69) is 6.92 Å². The van der Waals surface area contributed by atoms with Crippen molar-refractivity contribution >= 4 is 5.91 Å². The Labute approximate surface area is 79.1 Å². The van der Waals surface area contributed by atoms with Crippen molar-refractivity contribution in [2.75, 3.05) is 19.6 Å². The lowest BCUT2D eigenvalue weighted by molar-refractivity contribution is -0.140. The lowest BCUT2D eigenvalue weighted by Gasteiger charge is -2.28. The summed E-state index contributed by atoms with van der Waals surface area (Å²) in [4.78, 5) is 11.4. The molecule has 13 heavy (non-hydrogen) atoms. The molecule has 1 amide bonds. The van der Waals surface area contributed by atoms with Gasteiger partial charge in [-0.1, -0.05) is 6.92 Å². The molecule has 0 bridgehead atoms.